The van der Waals surface area contributed by atoms with E-state index in [4.69, 9.17) is 5.26 Å². The van der Waals surface area contributed by atoms with Crippen LogP contribution in [0.25, 0.3) is 0 Å². The average molecular weight is 229 g/mol. The van der Waals surface area contributed by atoms with Gasteiger partial charge < -0.3 is 4.90 Å². The van der Waals surface area contributed by atoms with Crippen molar-refractivity contribution in [3.8, 4) is 6.07 Å². The van der Waals surface area contributed by atoms with Gasteiger partial charge in [-0.25, -0.2) is 9.69 Å². The third-order valence-electron chi connectivity index (χ3n) is 2.67. The van der Waals surface area contributed by atoms with Crippen molar-refractivity contribution in [1.82, 2.24) is 4.90 Å². The van der Waals surface area contributed by atoms with Gasteiger partial charge in [-0.15, -0.1) is 0 Å². The Labute approximate surface area is 98.9 Å². The van der Waals surface area contributed by atoms with E-state index >= 15 is 0 Å². The second-order valence-electron chi connectivity index (χ2n) is 3.68. The highest BCUT2D eigenvalue weighted by Gasteiger charge is 2.35. The number of carbonyl (C=O) groups is 2. The maximum absolute atomic E-state index is 11.9. The van der Waals surface area contributed by atoms with Crippen molar-refractivity contribution < 1.29 is 9.59 Å². The number of urea groups is 1. The predicted octanol–water partition coefficient (Wildman–Crippen LogP) is 1.35. The number of rotatable bonds is 2. The van der Waals surface area contributed by atoms with Gasteiger partial charge in [-0.2, -0.15) is 5.26 Å². The summed E-state index contributed by atoms with van der Waals surface area (Å²) in [7, 11) is 0. The van der Waals surface area contributed by atoms with Crippen molar-refractivity contribution in [2.24, 2.45) is 0 Å². The number of anilines is 1. The van der Waals surface area contributed by atoms with Crippen molar-refractivity contribution in [3.05, 3.63) is 29.8 Å². The van der Waals surface area contributed by atoms with Crippen LogP contribution in [0, 0.1) is 11.3 Å². The topological polar surface area (TPSA) is 64.4 Å². The summed E-state index contributed by atoms with van der Waals surface area (Å²) in [6.07, 6.45) is 0. The minimum Gasteiger partial charge on any atom is -0.315 e. The molecule has 1 aliphatic rings. The maximum atomic E-state index is 11.9. The fraction of sp³-hybridized carbons (Fsp3) is 0.250. The molecule has 0 aliphatic carbocycles. The van der Waals surface area contributed by atoms with E-state index in [-0.39, 0.29) is 18.5 Å². The van der Waals surface area contributed by atoms with Crippen LogP contribution in [0.3, 0.4) is 0 Å². The Kier molecular flexibility index (Phi) is 2.79. The van der Waals surface area contributed by atoms with Crippen molar-refractivity contribution >= 4 is 17.6 Å². The van der Waals surface area contributed by atoms with Gasteiger partial charge in [-0.1, -0.05) is 0 Å². The van der Waals surface area contributed by atoms with E-state index in [1.165, 1.54) is 4.90 Å². The Hall–Kier alpha value is -2.35. The van der Waals surface area contributed by atoms with Crippen LogP contribution in [-0.4, -0.2) is 29.9 Å². The molecule has 3 amide bonds. The van der Waals surface area contributed by atoms with Gasteiger partial charge in [0, 0.05) is 6.54 Å². The number of amides is 3. The first-order valence-electron chi connectivity index (χ1n) is 5.29. The van der Waals surface area contributed by atoms with E-state index in [0.717, 1.165) is 4.90 Å². The first kappa shape index (κ1) is 11.1. The summed E-state index contributed by atoms with van der Waals surface area (Å²) in [5.41, 5.74) is 1.01. The number of hydrogen-bond donors (Lipinski definition) is 0. The molecule has 17 heavy (non-hydrogen) atoms. The van der Waals surface area contributed by atoms with Crippen molar-refractivity contribution in [3.63, 3.8) is 0 Å². The first-order chi connectivity index (χ1) is 8.17. The highest BCUT2D eigenvalue weighted by Crippen LogP contribution is 2.21. The van der Waals surface area contributed by atoms with Gasteiger partial charge >= 0.3 is 6.03 Å². The summed E-state index contributed by atoms with van der Waals surface area (Å²) in [4.78, 5) is 26.2. The lowest BCUT2D eigenvalue weighted by atomic mass is 10.2. The number of imide groups is 1. The molecule has 86 valence electrons. The predicted molar refractivity (Wildman–Crippen MR) is 61.3 cm³/mol. The molecule has 0 bridgehead atoms. The first-order valence-corrected chi connectivity index (χ1v) is 5.29. The van der Waals surface area contributed by atoms with Crippen LogP contribution in [0.5, 0.6) is 0 Å². The van der Waals surface area contributed by atoms with E-state index < -0.39 is 0 Å². The van der Waals surface area contributed by atoms with Crippen molar-refractivity contribution in [1.29, 1.82) is 5.26 Å². The monoisotopic (exact) mass is 229 g/mol. The normalized spacial score (nSPS) is 15.3. The van der Waals surface area contributed by atoms with Crippen LogP contribution >= 0.6 is 0 Å². The number of benzene rings is 1. The van der Waals surface area contributed by atoms with Crippen molar-refractivity contribution in [2.75, 3.05) is 18.0 Å². The number of likely N-dealkylation sites (N-methyl/N-ethyl adjacent to an activating group) is 1. The minimum absolute atomic E-state index is 0.120. The lowest BCUT2D eigenvalue weighted by Gasteiger charge is -2.15. The summed E-state index contributed by atoms with van der Waals surface area (Å²) in [6.45, 7) is 2.46. The van der Waals surface area contributed by atoms with Crippen LogP contribution in [0.4, 0.5) is 10.5 Å². The molecule has 0 atom stereocenters. The molecule has 1 fully saturated rings. The van der Waals surface area contributed by atoms with Crippen molar-refractivity contribution in [2.45, 2.75) is 6.92 Å². The Morgan fingerprint density at radius 2 is 1.94 bits per heavy atom. The molecule has 0 unspecified atom stereocenters. The van der Waals surface area contributed by atoms with Crippen LogP contribution in [0.2, 0.25) is 0 Å². The molecule has 2 rings (SSSR count). The fourth-order valence-corrected chi connectivity index (χ4v) is 1.74. The van der Waals surface area contributed by atoms with E-state index in [1.807, 2.05) is 13.0 Å². The van der Waals surface area contributed by atoms with Gasteiger partial charge in [0.15, 0.2) is 0 Å². The van der Waals surface area contributed by atoms with E-state index in [0.29, 0.717) is 17.8 Å². The largest absolute Gasteiger partial charge is 0.331 e. The van der Waals surface area contributed by atoms with E-state index in [2.05, 4.69) is 0 Å². The Morgan fingerprint density at radius 1 is 1.29 bits per heavy atom. The lowest BCUT2D eigenvalue weighted by Crippen LogP contribution is -2.32. The van der Waals surface area contributed by atoms with Gasteiger partial charge in [0.2, 0.25) is 0 Å². The third-order valence-corrected chi connectivity index (χ3v) is 2.67. The second kappa shape index (κ2) is 4.26. The number of nitriles is 1. The van der Waals surface area contributed by atoms with Gasteiger partial charge in [-0.3, -0.25) is 4.79 Å². The zero-order valence-electron chi connectivity index (χ0n) is 9.38. The van der Waals surface area contributed by atoms with Crippen LogP contribution in [-0.2, 0) is 4.79 Å². The standard InChI is InChI=1S/C12H11N3O2/c1-2-14-8-11(16)15(12(14)17)10-5-3-9(7-13)4-6-10/h3-6H,2,8H2,1H3. The summed E-state index contributed by atoms with van der Waals surface area (Å²) < 4.78 is 0. The summed E-state index contributed by atoms with van der Waals surface area (Å²) in [5, 5.41) is 8.67. The molecule has 0 aromatic heterocycles. The quantitative estimate of drug-likeness (QED) is 0.719. The molecule has 1 aromatic carbocycles. The van der Waals surface area contributed by atoms with Gasteiger partial charge in [0.05, 0.1) is 17.3 Å². The minimum atomic E-state index is -0.304. The molecule has 1 heterocycles. The van der Waals surface area contributed by atoms with E-state index in [9.17, 15) is 9.59 Å². The molecule has 0 spiro atoms. The lowest BCUT2D eigenvalue weighted by molar-refractivity contribution is -0.116. The molecule has 1 aromatic rings. The zero-order chi connectivity index (χ0) is 12.4. The molecule has 1 aliphatic heterocycles. The molecule has 5 heteroatoms. The molecule has 0 N–H and O–H groups in total. The highest BCUT2D eigenvalue weighted by atomic mass is 16.2. The maximum Gasteiger partial charge on any atom is 0.331 e. The number of carbonyl (C=O) groups excluding carboxylic acids is 2. The third kappa shape index (κ3) is 1.85. The molecule has 0 saturated carbocycles. The Morgan fingerprint density at radius 3 is 2.41 bits per heavy atom. The Bertz CT molecular complexity index is 501. The number of nitrogens with zero attached hydrogens (tertiary/aromatic N) is 3. The summed E-state index contributed by atoms with van der Waals surface area (Å²) in [6, 6.07) is 8.07. The van der Waals surface area contributed by atoms with Crippen LogP contribution in [0.15, 0.2) is 24.3 Å². The Balaban J connectivity index is 2.31. The van der Waals surface area contributed by atoms with E-state index in [1.54, 1.807) is 24.3 Å². The van der Waals surface area contributed by atoms with Gasteiger partial charge in [0.25, 0.3) is 5.91 Å². The van der Waals surface area contributed by atoms with Gasteiger partial charge in [0.1, 0.15) is 6.54 Å². The summed E-state index contributed by atoms with van der Waals surface area (Å²) >= 11 is 0. The highest BCUT2D eigenvalue weighted by molar-refractivity contribution is 6.19. The molecular formula is C12H11N3O2. The summed E-state index contributed by atoms with van der Waals surface area (Å²) in [5.74, 6) is -0.235. The smallest absolute Gasteiger partial charge is 0.315 e. The number of hydrogen-bond acceptors (Lipinski definition) is 3. The molecule has 5 nitrogen and oxygen atoms in total. The zero-order valence-corrected chi connectivity index (χ0v) is 9.38. The second-order valence-corrected chi connectivity index (χ2v) is 3.68. The van der Waals surface area contributed by atoms with Crippen LogP contribution in [0.1, 0.15) is 12.5 Å². The van der Waals surface area contributed by atoms with Gasteiger partial charge in [-0.05, 0) is 31.2 Å². The average Bonchev–Trinajstić information content (AvgIpc) is 2.64. The molecule has 0 radical (unpaired) electrons. The molecule has 1 saturated heterocycles. The fourth-order valence-electron chi connectivity index (χ4n) is 1.74. The molecular weight excluding hydrogens is 218 g/mol. The van der Waals surface area contributed by atoms with Crippen LogP contribution < -0.4 is 4.90 Å². The SMILES string of the molecule is CCN1CC(=O)N(c2ccc(C#N)cc2)C1=O.